The number of unbranched alkanes of at least 4 members (excludes halogenated alkanes) is 4. The molecule has 2 rings (SSSR count). The van der Waals surface area contributed by atoms with Crippen molar-refractivity contribution in [1.29, 1.82) is 0 Å². The SMILES string of the molecule is CCCCC/C=C\C/C=C\C/C=C\C/C=C\CCCC(=O)n1cc(CCN(C)C)c2cc(OC)ccc21. The number of allylic oxidation sites excluding steroid dienone is 8. The minimum absolute atomic E-state index is 0.155. The van der Waals surface area contributed by atoms with Gasteiger partial charge in [-0.15, -0.1) is 0 Å². The normalized spacial score (nSPS) is 12.5. The van der Waals surface area contributed by atoms with Crippen molar-refractivity contribution in [3.63, 3.8) is 0 Å². The van der Waals surface area contributed by atoms with E-state index in [0.717, 1.165) is 61.7 Å². The zero-order valence-electron chi connectivity index (χ0n) is 23.6. The topological polar surface area (TPSA) is 34.5 Å². The van der Waals surface area contributed by atoms with Crippen molar-refractivity contribution in [1.82, 2.24) is 9.47 Å². The maximum Gasteiger partial charge on any atom is 0.231 e. The van der Waals surface area contributed by atoms with Gasteiger partial charge >= 0.3 is 0 Å². The Hall–Kier alpha value is -2.85. The maximum absolute atomic E-state index is 13.0. The highest BCUT2D eigenvalue weighted by molar-refractivity contribution is 5.95. The molecule has 0 atom stereocenters. The number of fused-ring (bicyclic) bond motifs is 1. The van der Waals surface area contributed by atoms with Gasteiger partial charge in [0.05, 0.1) is 12.6 Å². The number of nitrogens with zero attached hydrogens (tertiary/aromatic N) is 2. The summed E-state index contributed by atoms with van der Waals surface area (Å²) in [6.07, 6.45) is 31.2. The quantitative estimate of drug-likeness (QED) is 0.151. The summed E-state index contributed by atoms with van der Waals surface area (Å²) in [6.45, 7) is 3.18. The largest absolute Gasteiger partial charge is 0.497 e. The fourth-order valence-electron chi connectivity index (χ4n) is 4.21. The van der Waals surface area contributed by atoms with Crippen molar-refractivity contribution >= 4 is 16.8 Å². The van der Waals surface area contributed by atoms with Crippen LogP contribution in [0.4, 0.5) is 0 Å². The second-order valence-corrected chi connectivity index (χ2v) is 9.84. The van der Waals surface area contributed by atoms with E-state index in [2.05, 4.69) is 74.5 Å². The van der Waals surface area contributed by atoms with Crippen LogP contribution in [0.15, 0.2) is 73.0 Å². The van der Waals surface area contributed by atoms with Crippen LogP contribution in [-0.4, -0.2) is 43.1 Å². The molecule has 0 saturated carbocycles. The van der Waals surface area contributed by atoms with Crippen LogP contribution in [0.3, 0.4) is 0 Å². The van der Waals surface area contributed by atoms with Crippen LogP contribution in [0.25, 0.3) is 10.9 Å². The zero-order chi connectivity index (χ0) is 26.7. The Morgan fingerprint density at radius 2 is 1.51 bits per heavy atom. The van der Waals surface area contributed by atoms with E-state index in [0.29, 0.717) is 6.42 Å². The Morgan fingerprint density at radius 3 is 2.11 bits per heavy atom. The Balaban J connectivity index is 1.71. The van der Waals surface area contributed by atoms with Gasteiger partial charge in [0.25, 0.3) is 0 Å². The lowest BCUT2D eigenvalue weighted by atomic mass is 10.1. The molecule has 0 amide bonds. The molecule has 37 heavy (non-hydrogen) atoms. The number of rotatable bonds is 18. The van der Waals surface area contributed by atoms with E-state index < -0.39 is 0 Å². The summed E-state index contributed by atoms with van der Waals surface area (Å²) >= 11 is 0. The molecule has 4 nitrogen and oxygen atoms in total. The highest BCUT2D eigenvalue weighted by Gasteiger charge is 2.14. The van der Waals surface area contributed by atoms with Crippen molar-refractivity contribution in [2.75, 3.05) is 27.7 Å². The van der Waals surface area contributed by atoms with Gasteiger partial charge in [0.15, 0.2) is 0 Å². The molecule has 0 bridgehead atoms. The second kappa shape index (κ2) is 18.4. The predicted molar refractivity (Wildman–Crippen MR) is 160 cm³/mol. The van der Waals surface area contributed by atoms with Crippen molar-refractivity contribution < 1.29 is 9.53 Å². The molecule has 0 radical (unpaired) electrons. The minimum Gasteiger partial charge on any atom is -0.497 e. The van der Waals surface area contributed by atoms with E-state index in [1.165, 1.54) is 31.2 Å². The molecular formula is C33H48N2O2. The molecule has 0 N–H and O–H groups in total. The Bertz CT molecular complexity index is 1040. The summed E-state index contributed by atoms with van der Waals surface area (Å²) < 4.78 is 7.25. The molecule has 202 valence electrons. The van der Waals surface area contributed by atoms with Gasteiger partial charge in [-0.05, 0) is 89.2 Å². The molecule has 1 aromatic carbocycles. The lowest BCUT2D eigenvalue weighted by Crippen LogP contribution is -2.15. The minimum atomic E-state index is 0.155. The number of carbonyl (C=O) groups is 1. The fraction of sp³-hybridized carbons (Fsp3) is 0.485. The van der Waals surface area contributed by atoms with Gasteiger partial charge < -0.3 is 9.64 Å². The number of hydrogen-bond donors (Lipinski definition) is 0. The molecule has 0 aliphatic heterocycles. The van der Waals surface area contributed by atoms with Gasteiger partial charge in [0.2, 0.25) is 5.91 Å². The van der Waals surface area contributed by atoms with Crippen LogP contribution < -0.4 is 4.74 Å². The maximum atomic E-state index is 13.0. The number of hydrogen-bond acceptors (Lipinski definition) is 3. The van der Waals surface area contributed by atoms with Gasteiger partial charge in [-0.3, -0.25) is 9.36 Å². The molecule has 4 heteroatoms. The Morgan fingerprint density at radius 1 is 0.892 bits per heavy atom. The van der Waals surface area contributed by atoms with Crippen LogP contribution in [0.5, 0.6) is 5.75 Å². The van der Waals surface area contributed by atoms with Crippen molar-refractivity contribution in [2.24, 2.45) is 0 Å². The molecule has 0 aliphatic carbocycles. The van der Waals surface area contributed by atoms with Crippen LogP contribution >= 0.6 is 0 Å². The zero-order valence-corrected chi connectivity index (χ0v) is 23.6. The molecule has 0 fully saturated rings. The molecule has 0 spiro atoms. The standard InChI is InChI=1S/C33H48N2O2/c1-5-6-7-8-9-10-11-12-13-14-15-16-17-18-19-20-21-22-33(36)35-28-29(25-26-34(2)3)31-27-30(37-4)23-24-32(31)35/h9-10,12-13,15-16,18-19,23-24,27-28H,5-8,11,14,17,20-22,25-26H2,1-4H3/b10-9-,13-12-,16-15-,19-18-. The fourth-order valence-corrected chi connectivity index (χ4v) is 4.21. The lowest BCUT2D eigenvalue weighted by Gasteiger charge is -2.08. The Labute approximate surface area is 225 Å². The second-order valence-electron chi connectivity index (χ2n) is 9.84. The number of carbonyl (C=O) groups excluding carboxylic acids is 1. The van der Waals surface area contributed by atoms with E-state index >= 15 is 0 Å². The molecule has 0 aliphatic rings. The number of benzene rings is 1. The van der Waals surface area contributed by atoms with Crippen molar-refractivity contribution in [2.45, 2.75) is 77.6 Å². The van der Waals surface area contributed by atoms with E-state index in [1.807, 2.05) is 29.0 Å². The van der Waals surface area contributed by atoms with Gasteiger partial charge in [0, 0.05) is 24.5 Å². The van der Waals surface area contributed by atoms with Crippen molar-refractivity contribution in [3.05, 3.63) is 78.6 Å². The predicted octanol–water partition coefficient (Wildman–Crippen LogP) is 8.54. The molecule has 2 aromatic rings. The third-order valence-corrected chi connectivity index (χ3v) is 6.41. The molecule has 1 heterocycles. The summed E-state index contributed by atoms with van der Waals surface area (Å²) in [5.41, 5.74) is 2.16. The van der Waals surface area contributed by atoms with Crippen LogP contribution in [0.2, 0.25) is 0 Å². The number of aromatic nitrogens is 1. The summed E-state index contributed by atoms with van der Waals surface area (Å²) in [4.78, 5) is 15.2. The lowest BCUT2D eigenvalue weighted by molar-refractivity contribution is 0.0905. The molecular weight excluding hydrogens is 456 g/mol. The highest BCUT2D eigenvalue weighted by atomic mass is 16.5. The van der Waals surface area contributed by atoms with Gasteiger partial charge in [0.1, 0.15) is 5.75 Å². The average Bonchev–Trinajstić information content (AvgIpc) is 3.27. The summed E-state index contributed by atoms with van der Waals surface area (Å²) in [6, 6.07) is 5.97. The first-order chi connectivity index (χ1) is 18.1. The number of likely N-dealkylation sites (N-methyl/N-ethyl adjacent to an activating group) is 1. The average molecular weight is 505 g/mol. The van der Waals surface area contributed by atoms with Crippen LogP contribution in [0.1, 0.15) is 81.5 Å². The third-order valence-electron chi connectivity index (χ3n) is 6.41. The summed E-state index contributed by atoms with van der Waals surface area (Å²) in [5.74, 6) is 0.978. The molecule has 1 aromatic heterocycles. The van der Waals surface area contributed by atoms with Gasteiger partial charge in [-0.2, -0.15) is 0 Å². The smallest absolute Gasteiger partial charge is 0.231 e. The highest BCUT2D eigenvalue weighted by Crippen LogP contribution is 2.27. The van der Waals surface area contributed by atoms with E-state index in [1.54, 1.807) is 7.11 Å². The van der Waals surface area contributed by atoms with Gasteiger partial charge in [-0.1, -0.05) is 68.4 Å². The number of ether oxygens (including phenoxy) is 1. The first-order valence-corrected chi connectivity index (χ1v) is 14.0. The molecule has 0 saturated heterocycles. The van der Waals surface area contributed by atoms with Gasteiger partial charge in [-0.25, -0.2) is 0 Å². The Kier molecular flexibility index (Phi) is 15.1. The first kappa shape index (κ1) is 30.4. The number of methoxy groups -OCH3 is 1. The van der Waals surface area contributed by atoms with Crippen LogP contribution in [0, 0.1) is 0 Å². The summed E-state index contributed by atoms with van der Waals surface area (Å²) in [7, 11) is 5.82. The molecule has 0 unspecified atom stereocenters. The first-order valence-electron chi connectivity index (χ1n) is 14.0. The van der Waals surface area contributed by atoms with E-state index in [-0.39, 0.29) is 5.91 Å². The van der Waals surface area contributed by atoms with Crippen molar-refractivity contribution in [3.8, 4) is 5.75 Å². The third kappa shape index (κ3) is 11.8. The van der Waals surface area contributed by atoms with E-state index in [9.17, 15) is 4.79 Å². The van der Waals surface area contributed by atoms with Crippen LogP contribution in [-0.2, 0) is 6.42 Å². The monoisotopic (exact) mass is 504 g/mol. The van der Waals surface area contributed by atoms with E-state index in [4.69, 9.17) is 4.74 Å². The summed E-state index contributed by atoms with van der Waals surface area (Å²) in [5, 5.41) is 1.11.